The fourth-order valence-corrected chi connectivity index (χ4v) is 3.34. The number of aliphatic carboxylic acids is 1. The second-order valence-corrected chi connectivity index (χ2v) is 7.43. The van der Waals surface area contributed by atoms with Gasteiger partial charge in [0.2, 0.25) is 5.91 Å². The smallest absolute Gasteiger partial charge is 0.305 e. The van der Waals surface area contributed by atoms with Crippen LogP contribution in [0.5, 0.6) is 0 Å². The number of carbonyl (C=O) groups excluding carboxylic acids is 2. The van der Waals surface area contributed by atoms with Crippen LogP contribution in [-0.2, 0) is 9.59 Å². The van der Waals surface area contributed by atoms with Gasteiger partial charge in [-0.1, -0.05) is 18.2 Å². The van der Waals surface area contributed by atoms with Gasteiger partial charge in [0.05, 0.1) is 17.3 Å². The average Bonchev–Trinajstić information content (AvgIpc) is 3.15. The van der Waals surface area contributed by atoms with Gasteiger partial charge in [0.1, 0.15) is 6.04 Å². The standard InChI is InChI=1S/C18H20N2O4S2/c1-11(19-18(24)15-4-3-9-26-15)17(23)20-14(10-16(21)22)12-5-7-13(25-2)8-6-12/h3-9,11,14H,10H2,1-2H3,(H,19,24)(H,20,23)(H,21,22). The zero-order valence-electron chi connectivity index (χ0n) is 14.4. The first-order chi connectivity index (χ1) is 12.4. The van der Waals surface area contributed by atoms with Gasteiger partial charge in [-0.3, -0.25) is 14.4 Å². The zero-order chi connectivity index (χ0) is 19.1. The van der Waals surface area contributed by atoms with E-state index in [9.17, 15) is 14.4 Å². The second kappa shape index (κ2) is 9.40. The Morgan fingerprint density at radius 3 is 2.38 bits per heavy atom. The number of carboxylic acid groups (broad SMARTS) is 1. The van der Waals surface area contributed by atoms with E-state index in [-0.39, 0.29) is 12.3 Å². The molecule has 0 radical (unpaired) electrons. The van der Waals surface area contributed by atoms with Crippen molar-refractivity contribution >= 4 is 40.9 Å². The zero-order valence-corrected chi connectivity index (χ0v) is 16.0. The predicted molar refractivity (Wildman–Crippen MR) is 103 cm³/mol. The minimum Gasteiger partial charge on any atom is -0.481 e. The third-order valence-electron chi connectivity index (χ3n) is 3.70. The van der Waals surface area contributed by atoms with Gasteiger partial charge in [0, 0.05) is 4.90 Å². The van der Waals surface area contributed by atoms with Crippen molar-refractivity contribution in [1.82, 2.24) is 10.6 Å². The minimum atomic E-state index is -1.01. The number of hydrogen-bond acceptors (Lipinski definition) is 5. The van der Waals surface area contributed by atoms with Gasteiger partial charge in [-0.05, 0) is 42.3 Å². The van der Waals surface area contributed by atoms with E-state index in [4.69, 9.17) is 5.11 Å². The van der Waals surface area contributed by atoms with Gasteiger partial charge in [-0.15, -0.1) is 23.1 Å². The molecule has 1 aromatic carbocycles. The van der Waals surface area contributed by atoms with E-state index < -0.39 is 24.0 Å². The number of hydrogen-bond donors (Lipinski definition) is 3. The van der Waals surface area contributed by atoms with Crippen LogP contribution >= 0.6 is 23.1 Å². The molecule has 0 saturated carbocycles. The molecule has 0 saturated heterocycles. The monoisotopic (exact) mass is 392 g/mol. The summed E-state index contributed by atoms with van der Waals surface area (Å²) in [6, 6.07) is 9.33. The summed E-state index contributed by atoms with van der Waals surface area (Å²) in [4.78, 5) is 37.2. The lowest BCUT2D eigenvalue weighted by atomic mass is 10.0. The number of nitrogens with one attached hydrogen (secondary N) is 2. The first-order valence-corrected chi connectivity index (χ1v) is 10.0. The molecule has 2 rings (SSSR count). The Labute approximate surface area is 160 Å². The molecule has 0 aliphatic heterocycles. The van der Waals surface area contributed by atoms with Crippen LogP contribution in [0.25, 0.3) is 0 Å². The quantitative estimate of drug-likeness (QED) is 0.601. The highest BCUT2D eigenvalue weighted by atomic mass is 32.2. The molecule has 0 aliphatic rings. The van der Waals surface area contributed by atoms with Crippen LogP contribution in [-0.4, -0.2) is 35.2 Å². The topological polar surface area (TPSA) is 95.5 Å². The van der Waals surface area contributed by atoms with E-state index in [2.05, 4.69) is 10.6 Å². The molecule has 8 heteroatoms. The summed E-state index contributed by atoms with van der Waals surface area (Å²) in [5, 5.41) is 16.3. The van der Waals surface area contributed by atoms with Crippen molar-refractivity contribution in [3.8, 4) is 0 Å². The van der Waals surface area contributed by atoms with Gasteiger partial charge in [0.15, 0.2) is 0 Å². The molecule has 6 nitrogen and oxygen atoms in total. The van der Waals surface area contributed by atoms with Crippen molar-refractivity contribution in [3.05, 3.63) is 52.2 Å². The Kier molecular flexibility index (Phi) is 7.23. The van der Waals surface area contributed by atoms with E-state index >= 15 is 0 Å². The molecule has 138 valence electrons. The van der Waals surface area contributed by atoms with Crippen LogP contribution in [0.15, 0.2) is 46.7 Å². The number of thioether (sulfide) groups is 1. The summed E-state index contributed by atoms with van der Waals surface area (Å²) in [5.74, 6) is -1.78. The molecule has 26 heavy (non-hydrogen) atoms. The summed E-state index contributed by atoms with van der Waals surface area (Å²) in [7, 11) is 0. The fourth-order valence-electron chi connectivity index (χ4n) is 2.30. The van der Waals surface area contributed by atoms with Gasteiger partial charge in [0.25, 0.3) is 5.91 Å². The third kappa shape index (κ3) is 5.60. The van der Waals surface area contributed by atoms with Crippen LogP contribution in [0, 0.1) is 0 Å². The van der Waals surface area contributed by atoms with Crippen molar-refractivity contribution in [2.24, 2.45) is 0 Å². The maximum Gasteiger partial charge on any atom is 0.305 e. The highest BCUT2D eigenvalue weighted by Gasteiger charge is 2.23. The summed E-state index contributed by atoms with van der Waals surface area (Å²) >= 11 is 2.86. The van der Waals surface area contributed by atoms with E-state index in [1.54, 1.807) is 48.3 Å². The van der Waals surface area contributed by atoms with Crippen molar-refractivity contribution in [2.75, 3.05) is 6.26 Å². The van der Waals surface area contributed by atoms with Crippen LogP contribution < -0.4 is 10.6 Å². The van der Waals surface area contributed by atoms with Crippen molar-refractivity contribution in [3.63, 3.8) is 0 Å². The first kappa shape index (κ1) is 20.0. The molecule has 0 spiro atoms. The van der Waals surface area contributed by atoms with Crippen molar-refractivity contribution in [2.45, 2.75) is 30.3 Å². The van der Waals surface area contributed by atoms with Gasteiger partial charge >= 0.3 is 5.97 Å². The van der Waals surface area contributed by atoms with Crippen LogP contribution in [0.1, 0.15) is 34.6 Å². The highest BCUT2D eigenvalue weighted by Crippen LogP contribution is 2.21. The van der Waals surface area contributed by atoms with Gasteiger partial charge in [-0.2, -0.15) is 0 Å². The molecule has 2 aromatic rings. The molecule has 1 heterocycles. The number of carbonyl (C=O) groups is 3. The van der Waals surface area contributed by atoms with Crippen LogP contribution in [0.4, 0.5) is 0 Å². The molecule has 3 N–H and O–H groups in total. The molecule has 0 bridgehead atoms. The Bertz CT molecular complexity index is 760. The number of rotatable bonds is 8. The summed E-state index contributed by atoms with van der Waals surface area (Å²) in [6.07, 6.45) is 1.71. The fraction of sp³-hybridized carbons (Fsp3) is 0.278. The first-order valence-electron chi connectivity index (χ1n) is 7.91. The van der Waals surface area contributed by atoms with E-state index in [1.165, 1.54) is 11.3 Å². The lowest BCUT2D eigenvalue weighted by Gasteiger charge is -2.21. The number of thiophene rings is 1. The molecular formula is C18H20N2O4S2. The molecular weight excluding hydrogens is 372 g/mol. The number of amides is 2. The van der Waals surface area contributed by atoms with Crippen LogP contribution in [0.3, 0.4) is 0 Å². The van der Waals surface area contributed by atoms with E-state index in [0.29, 0.717) is 10.4 Å². The average molecular weight is 393 g/mol. The van der Waals surface area contributed by atoms with Gasteiger partial charge < -0.3 is 15.7 Å². The third-order valence-corrected chi connectivity index (χ3v) is 5.31. The maximum absolute atomic E-state index is 12.4. The number of benzene rings is 1. The summed E-state index contributed by atoms with van der Waals surface area (Å²) < 4.78 is 0. The second-order valence-electron chi connectivity index (χ2n) is 5.60. The summed E-state index contributed by atoms with van der Waals surface area (Å²) in [5.41, 5.74) is 0.704. The Morgan fingerprint density at radius 1 is 1.15 bits per heavy atom. The number of carboxylic acids is 1. The molecule has 2 unspecified atom stereocenters. The van der Waals surface area contributed by atoms with Gasteiger partial charge in [-0.25, -0.2) is 0 Å². The normalized spacial score (nSPS) is 12.8. The van der Waals surface area contributed by atoms with E-state index in [1.807, 2.05) is 18.4 Å². The SMILES string of the molecule is CSc1ccc(C(CC(=O)O)NC(=O)C(C)NC(=O)c2cccs2)cc1. The Balaban J connectivity index is 2.04. The minimum absolute atomic E-state index is 0.240. The maximum atomic E-state index is 12.4. The Hall–Kier alpha value is -2.32. The van der Waals surface area contributed by atoms with Crippen molar-refractivity contribution < 1.29 is 19.5 Å². The Morgan fingerprint density at radius 2 is 1.85 bits per heavy atom. The largest absolute Gasteiger partial charge is 0.481 e. The van der Waals surface area contributed by atoms with Crippen molar-refractivity contribution in [1.29, 1.82) is 0 Å². The molecule has 0 fully saturated rings. The lowest BCUT2D eigenvalue weighted by molar-refractivity contribution is -0.137. The molecule has 2 atom stereocenters. The molecule has 0 aliphatic carbocycles. The summed E-state index contributed by atoms with van der Waals surface area (Å²) in [6.45, 7) is 1.56. The molecule has 2 amide bonds. The highest BCUT2D eigenvalue weighted by molar-refractivity contribution is 7.98. The predicted octanol–water partition coefficient (Wildman–Crippen LogP) is 2.92. The van der Waals surface area contributed by atoms with E-state index in [0.717, 1.165) is 4.90 Å². The van der Waals surface area contributed by atoms with Crippen LogP contribution in [0.2, 0.25) is 0 Å². The lowest BCUT2D eigenvalue weighted by Crippen LogP contribution is -2.46. The molecule has 1 aromatic heterocycles.